The van der Waals surface area contributed by atoms with Crippen LogP contribution < -0.4 is 5.32 Å². The molecule has 0 aromatic heterocycles. The van der Waals surface area contributed by atoms with E-state index in [2.05, 4.69) is 11.4 Å². The molecule has 1 aliphatic heterocycles. The molecule has 0 bridgehead atoms. The maximum atomic E-state index is 11.7. The van der Waals surface area contributed by atoms with Crippen LogP contribution in [0.4, 0.5) is 4.79 Å². The summed E-state index contributed by atoms with van der Waals surface area (Å²) in [5, 5.41) is 2.86. The van der Waals surface area contributed by atoms with Crippen molar-refractivity contribution in [3.8, 4) is 0 Å². The third-order valence-electron chi connectivity index (χ3n) is 3.09. The summed E-state index contributed by atoms with van der Waals surface area (Å²) in [5.41, 5.74) is 0. The molecule has 1 saturated heterocycles. The van der Waals surface area contributed by atoms with Crippen molar-refractivity contribution in [2.24, 2.45) is 5.92 Å². The van der Waals surface area contributed by atoms with Crippen molar-refractivity contribution in [2.75, 3.05) is 13.1 Å². The van der Waals surface area contributed by atoms with Gasteiger partial charge in [-0.05, 0) is 31.6 Å². The second-order valence-corrected chi connectivity index (χ2v) is 4.55. The Labute approximate surface area is 91.5 Å². The largest absolute Gasteiger partial charge is 0.325 e. The molecule has 1 N–H and O–H groups in total. The Morgan fingerprint density at radius 1 is 1.13 bits per heavy atom. The highest BCUT2D eigenvalue weighted by molar-refractivity contribution is 5.75. The molecule has 3 nitrogen and oxygen atoms in total. The number of allylic oxidation sites excluding steroid dienone is 1. The fraction of sp³-hybridized carbons (Fsp3) is 0.750. The van der Waals surface area contributed by atoms with Gasteiger partial charge in [0, 0.05) is 19.3 Å². The summed E-state index contributed by atoms with van der Waals surface area (Å²) in [5.74, 6) is 0.731. The lowest BCUT2D eigenvalue weighted by molar-refractivity contribution is 0.203. The van der Waals surface area contributed by atoms with Gasteiger partial charge in [0.05, 0.1) is 0 Å². The maximum Gasteiger partial charge on any atom is 0.321 e. The Morgan fingerprint density at radius 2 is 1.80 bits per heavy atom. The van der Waals surface area contributed by atoms with E-state index in [1.54, 1.807) is 0 Å². The number of rotatable bonds is 2. The lowest BCUT2D eigenvalue weighted by Crippen LogP contribution is -2.38. The first-order valence-electron chi connectivity index (χ1n) is 6.08. The number of carbonyl (C=O) groups excluding carboxylic acids is 1. The monoisotopic (exact) mass is 208 g/mol. The Balaban J connectivity index is 1.72. The highest BCUT2D eigenvalue weighted by atomic mass is 16.2. The van der Waals surface area contributed by atoms with Gasteiger partial charge in [-0.25, -0.2) is 4.79 Å². The van der Waals surface area contributed by atoms with E-state index in [1.807, 2.05) is 11.1 Å². The van der Waals surface area contributed by atoms with Crippen molar-refractivity contribution in [3.63, 3.8) is 0 Å². The van der Waals surface area contributed by atoms with Crippen LogP contribution >= 0.6 is 0 Å². The number of carbonyl (C=O) groups is 1. The average molecular weight is 208 g/mol. The number of amides is 2. The first kappa shape index (κ1) is 10.5. The minimum Gasteiger partial charge on any atom is -0.325 e. The highest BCUT2D eigenvalue weighted by Gasteiger charge is 2.18. The van der Waals surface area contributed by atoms with Crippen LogP contribution in [0.2, 0.25) is 0 Å². The number of nitrogens with zero attached hydrogens (tertiary/aromatic N) is 1. The van der Waals surface area contributed by atoms with Crippen molar-refractivity contribution >= 4 is 6.03 Å². The van der Waals surface area contributed by atoms with Gasteiger partial charge in [-0.1, -0.05) is 18.9 Å². The summed E-state index contributed by atoms with van der Waals surface area (Å²) in [6.07, 6.45) is 11.3. The molecule has 0 aromatic rings. The summed E-state index contributed by atoms with van der Waals surface area (Å²) in [6.45, 7) is 1.84. The van der Waals surface area contributed by atoms with Crippen LogP contribution in [0.5, 0.6) is 0 Å². The first-order chi connectivity index (χ1) is 7.36. The zero-order valence-electron chi connectivity index (χ0n) is 9.24. The molecule has 0 spiro atoms. The molecule has 2 rings (SSSR count). The topological polar surface area (TPSA) is 32.3 Å². The summed E-state index contributed by atoms with van der Waals surface area (Å²) >= 11 is 0. The Morgan fingerprint density at radius 3 is 2.40 bits per heavy atom. The van der Waals surface area contributed by atoms with Crippen molar-refractivity contribution < 1.29 is 4.79 Å². The summed E-state index contributed by atoms with van der Waals surface area (Å²) in [6, 6.07) is 0.0776. The SMILES string of the molecule is O=C(N/C=C/C1CC1)N1CCCCCC1. The molecule has 1 aliphatic carbocycles. The Hall–Kier alpha value is -0.990. The fourth-order valence-electron chi connectivity index (χ4n) is 1.91. The first-order valence-corrected chi connectivity index (χ1v) is 6.08. The quantitative estimate of drug-likeness (QED) is 0.743. The summed E-state index contributed by atoms with van der Waals surface area (Å²) < 4.78 is 0. The van der Waals surface area contributed by atoms with Crippen LogP contribution in [0.3, 0.4) is 0 Å². The standard InChI is InChI=1S/C12H20N2O/c15-12(13-8-7-11-5-6-11)14-9-3-1-2-4-10-14/h7-8,11H,1-6,9-10H2,(H,13,15)/b8-7+. The maximum absolute atomic E-state index is 11.7. The van der Waals surface area contributed by atoms with Crippen molar-refractivity contribution in [1.82, 2.24) is 10.2 Å². The number of urea groups is 1. The molecule has 3 heteroatoms. The van der Waals surface area contributed by atoms with Crippen LogP contribution in [-0.2, 0) is 0 Å². The molecular weight excluding hydrogens is 188 g/mol. The van der Waals surface area contributed by atoms with Crippen molar-refractivity contribution in [3.05, 3.63) is 12.3 Å². The minimum atomic E-state index is 0.0776. The van der Waals surface area contributed by atoms with Crippen LogP contribution in [0.1, 0.15) is 38.5 Å². The van der Waals surface area contributed by atoms with E-state index < -0.39 is 0 Å². The zero-order chi connectivity index (χ0) is 10.5. The van der Waals surface area contributed by atoms with Gasteiger partial charge >= 0.3 is 6.03 Å². The molecule has 2 fully saturated rings. The number of nitrogens with one attached hydrogen (secondary N) is 1. The lowest BCUT2D eigenvalue weighted by Gasteiger charge is -2.19. The van der Waals surface area contributed by atoms with E-state index >= 15 is 0 Å². The number of hydrogen-bond donors (Lipinski definition) is 1. The van der Waals surface area contributed by atoms with Gasteiger partial charge in [-0.2, -0.15) is 0 Å². The second-order valence-electron chi connectivity index (χ2n) is 4.55. The molecule has 2 aliphatic rings. The van der Waals surface area contributed by atoms with Gasteiger partial charge in [-0.3, -0.25) is 0 Å². The molecule has 0 aromatic carbocycles. The molecule has 0 unspecified atom stereocenters. The molecule has 0 radical (unpaired) electrons. The Kier molecular flexibility index (Phi) is 3.64. The van der Waals surface area contributed by atoms with Crippen LogP contribution in [0, 0.1) is 5.92 Å². The van der Waals surface area contributed by atoms with Gasteiger partial charge in [0.25, 0.3) is 0 Å². The predicted molar refractivity (Wildman–Crippen MR) is 60.4 cm³/mol. The van der Waals surface area contributed by atoms with Crippen molar-refractivity contribution in [1.29, 1.82) is 0 Å². The molecule has 2 amide bonds. The van der Waals surface area contributed by atoms with E-state index in [0.29, 0.717) is 0 Å². The van der Waals surface area contributed by atoms with Gasteiger partial charge in [0.15, 0.2) is 0 Å². The van der Waals surface area contributed by atoms with E-state index in [1.165, 1.54) is 25.7 Å². The molecule has 1 saturated carbocycles. The second kappa shape index (κ2) is 5.19. The highest BCUT2D eigenvalue weighted by Crippen LogP contribution is 2.29. The van der Waals surface area contributed by atoms with Crippen molar-refractivity contribution in [2.45, 2.75) is 38.5 Å². The molecular formula is C12H20N2O. The lowest BCUT2D eigenvalue weighted by atomic mass is 10.2. The Bertz CT molecular complexity index is 238. The van der Waals surface area contributed by atoms with Gasteiger partial charge in [-0.15, -0.1) is 0 Å². The van der Waals surface area contributed by atoms with E-state index in [9.17, 15) is 4.79 Å². The van der Waals surface area contributed by atoms with Gasteiger partial charge in [0.1, 0.15) is 0 Å². The number of hydrogen-bond acceptors (Lipinski definition) is 1. The van der Waals surface area contributed by atoms with E-state index in [-0.39, 0.29) is 6.03 Å². The minimum absolute atomic E-state index is 0.0776. The van der Waals surface area contributed by atoms with E-state index in [0.717, 1.165) is 31.8 Å². The van der Waals surface area contributed by atoms with Gasteiger partial charge in [0.2, 0.25) is 0 Å². The molecule has 84 valence electrons. The summed E-state index contributed by atoms with van der Waals surface area (Å²) in [4.78, 5) is 13.7. The molecule has 1 heterocycles. The smallest absolute Gasteiger partial charge is 0.321 e. The average Bonchev–Trinajstić information content (AvgIpc) is 3.04. The predicted octanol–water partition coefficient (Wildman–Crippen LogP) is 2.50. The number of likely N-dealkylation sites (tertiary alicyclic amines) is 1. The normalized spacial score (nSPS) is 22.8. The molecule has 0 atom stereocenters. The van der Waals surface area contributed by atoms with Crippen LogP contribution in [-0.4, -0.2) is 24.0 Å². The fourth-order valence-corrected chi connectivity index (χ4v) is 1.91. The molecule has 15 heavy (non-hydrogen) atoms. The van der Waals surface area contributed by atoms with Gasteiger partial charge < -0.3 is 10.2 Å². The van der Waals surface area contributed by atoms with E-state index in [4.69, 9.17) is 0 Å². The summed E-state index contributed by atoms with van der Waals surface area (Å²) in [7, 11) is 0. The zero-order valence-corrected chi connectivity index (χ0v) is 9.24. The van der Waals surface area contributed by atoms with Crippen LogP contribution in [0.25, 0.3) is 0 Å². The third kappa shape index (κ3) is 3.57. The third-order valence-corrected chi connectivity index (χ3v) is 3.09. The van der Waals surface area contributed by atoms with Crippen LogP contribution in [0.15, 0.2) is 12.3 Å².